The SMILES string of the molecule is c1ccc(-c2ccc(N(c3ccc(-c4ccccc4)cc3)c3ccc(-c4ccc5c(c4)C(c4ccccc4)Cc4c(c6ccccc6n4-c4ccccc4)O5)cc3)cc2)cc1. The van der Waals surface area contributed by atoms with E-state index in [2.05, 4.69) is 246 Å². The van der Waals surface area contributed by atoms with Crippen molar-refractivity contribution in [3.8, 4) is 50.6 Å². The minimum absolute atomic E-state index is 0.0802. The highest BCUT2D eigenvalue weighted by Crippen LogP contribution is 2.48. The minimum atomic E-state index is 0.0802. The Morgan fingerprint density at radius 2 is 0.852 bits per heavy atom. The normalized spacial score (nSPS) is 13.1. The van der Waals surface area contributed by atoms with E-state index in [1.165, 1.54) is 39.1 Å². The van der Waals surface area contributed by atoms with Gasteiger partial charge in [0.15, 0.2) is 5.75 Å². The molecule has 290 valence electrons. The van der Waals surface area contributed by atoms with Gasteiger partial charge in [0.1, 0.15) is 5.75 Å². The number of nitrogens with zero attached hydrogens (tertiary/aromatic N) is 2. The van der Waals surface area contributed by atoms with Gasteiger partial charge in [0.05, 0.1) is 11.2 Å². The van der Waals surface area contributed by atoms with Crippen molar-refractivity contribution in [3.63, 3.8) is 0 Å². The zero-order chi connectivity index (χ0) is 40.5. The molecule has 2 heterocycles. The zero-order valence-electron chi connectivity index (χ0n) is 33.6. The lowest BCUT2D eigenvalue weighted by atomic mass is 9.85. The molecule has 0 saturated heterocycles. The summed E-state index contributed by atoms with van der Waals surface area (Å²) < 4.78 is 9.45. The quantitative estimate of drug-likeness (QED) is 0.153. The minimum Gasteiger partial charge on any atom is -0.454 e. The lowest BCUT2D eigenvalue weighted by molar-refractivity contribution is 0.483. The summed E-state index contributed by atoms with van der Waals surface area (Å²) in [6.07, 6.45) is 0.791. The van der Waals surface area contributed by atoms with Gasteiger partial charge in [-0.25, -0.2) is 0 Å². The zero-order valence-corrected chi connectivity index (χ0v) is 33.6. The number of anilines is 3. The molecule has 3 heteroatoms. The Morgan fingerprint density at radius 3 is 1.41 bits per heavy atom. The van der Waals surface area contributed by atoms with Crippen molar-refractivity contribution < 1.29 is 4.74 Å². The maximum atomic E-state index is 7.05. The van der Waals surface area contributed by atoms with E-state index in [0.29, 0.717) is 0 Å². The van der Waals surface area contributed by atoms with Crippen LogP contribution in [0.2, 0.25) is 0 Å². The largest absolute Gasteiger partial charge is 0.454 e. The van der Waals surface area contributed by atoms with E-state index in [4.69, 9.17) is 4.74 Å². The second-order valence-corrected chi connectivity index (χ2v) is 15.7. The Balaban J connectivity index is 0.978. The predicted octanol–water partition coefficient (Wildman–Crippen LogP) is 15.6. The fourth-order valence-electron chi connectivity index (χ4n) is 9.04. The first-order valence-corrected chi connectivity index (χ1v) is 21.0. The number of rotatable bonds is 8. The van der Waals surface area contributed by atoms with Crippen LogP contribution in [0.5, 0.6) is 11.5 Å². The third kappa shape index (κ3) is 6.86. The Labute approximate surface area is 357 Å². The highest BCUT2D eigenvalue weighted by molar-refractivity contribution is 5.91. The van der Waals surface area contributed by atoms with Gasteiger partial charge in [-0.2, -0.15) is 0 Å². The van der Waals surface area contributed by atoms with Crippen LogP contribution in [-0.4, -0.2) is 4.57 Å². The van der Waals surface area contributed by atoms with E-state index >= 15 is 0 Å². The maximum Gasteiger partial charge on any atom is 0.156 e. The van der Waals surface area contributed by atoms with E-state index < -0.39 is 0 Å². The monoisotopic (exact) mass is 782 g/mol. The Morgan fingerprint density at radius 1 is 0.410 bits per heavy atom. The highest BCUT2D eigenvalue weighted by Gasteiger charge is 2.31. The van der Waals surface area contributed by atoms with Crippen molar-refractivity contribution in [1.82, 2.24) is 4.57 Å². The summed E-state index contributed by atoms with van der Waals surface area (Å²) in [5, 5.41) is 1.12. The lowest BCUT2D eigenvalue weighted by Crippen LogP contribution is -2.10. The molecule has 3 nitrogen and oxygen atoms in total. The molecule has 1 unspecified atom stereocenters. The van der Waals surface area contributed by atoms with Gasteiger partial charge in [0.25, 0.3) is 0 Å². The summed E-state index contributed by atoms with van der Waals surface area (Å²) in [6, 6.07) is 84.8. The average Bonchev–Trinajstić information content (AvgIpc) is 3.54. The molecule has 0 aliphatic carbocycles. The summed E-state index contributed by atoms with van der Waals surface area (Å²) in [7, 11) is 0. The van der Waals surface area contributed by atoms with Crippen LogP contribution in [-0.2, 0) is 6.42 Å². The number of ether oxygens (including phenoxy) is 1. The predicted molar refractivity (Wildman–Crippen MR) is 253 cm³/mol. The van der Waals surface area contributed by atoms with E-state index in [1.807, 2.05) is 0 Å². The van der Waals surface area contributed by atoms with E-state index in [-0.39, 0.29) is 5.92 Å². The van der Waals surface area contributed by atoms with Crippen LogP contribution in [0.1, 0.15) is 22.7 Å². The van der Waals surface area contributed by atoms with Crippen molar-refractivity contribution in [3.05, 3.63) is 253 Å². The van der Waals surface area contributed by atoms with Crippen molar-refractivity contribution >= 4 is 28.0 Å². The topological polar surface area (TPSA) is 17.4 Å². The standard InChI is InChI=1S/C58H42N2O/c1-5-15-41(16-6-1)43-25-32-49(33-26-43)59(50-34-27-44(28-35-50)42-17-7-2-8-18-42)51-36-29-45(30-37-51)47-31-38-57-54(39-47)53(46-19-9-3-10-20-46)40-56-58(61-57)52-23-13-14-24-55(52)60(56)48-21-11-4-12-22-48/h1-39,53H,40H2. The van der Waals surface area contributed by atoms with Gasteiger partial charge in [-0.1, -0.05) is 164 Å². The van der Waals surface area contributed by atoms with Gasteiger partial charge in [-0.3, -0.25) is 0 Å². The van der Waals surface area contributed by atoms with Crippen molar-refractivity contribution in [2.45, 2.75) is 12.3 Å². The molecule has 0 saturated carbocycles. The van der Waals surface area contributed by atoms with Crippen LogP contribution in [0, 0.1) is 0 Å². The van der Waals surface area contributed by atoms with Gasteiger partial charge < -0.3 is 14.2 Å². The Hall–Kier alpha value is -7.88. The molecule has 1 aromatic heterocycles. The summed E-state index contributed by atoms with van der Waals surface area (Å²) >= 11 is 0. The fraction of sp³-hybridized carbons (Fsp3) is 0.0345. The third-order valence-electron chi connectivity index (χ3n) is 12.1. The molecule has 61 heavy (non-hydrogen) atoms. The van der Waals surface area contributed by atoms with Gasteiger partial charge in [0, 0.05) is 46.0 Å². The summed E-state index contributed by atoms with van der Waals surface area (Å²) in [5.74, 6) is 1.91. The second-order valence-electron chi connectivity index (χ2n) is 15.7. The van der Waals surface area contributed by atoms with Crippen LogP contribution in [0.4, 0.5) is 17.1 Å². The highest BCUT2D eigenvalue weighted by atomic mass is 16.5. The number of benzene rings is 9. The first kappa shape index (κ1) is 36.2. The number of aromatic nitrogens is 1. The van der Waals surface area contributed by atoms with Gasteiger partial charge in [-0.15, -0.1) is 0 Å². The van der Waals surface area contributed by atoms with E-state index in [1.54, 1.807) is 0 Å². The molecule has 0 radical (unpaired) electrons. The molecule has 0 N–H and O–H groups in total. The molecule has 0 bridgehead atoms. The molecule has 1 aliphatic heterocycles. The van der Waals surface area contributed by atoms with Crippen LogP contribution >= 0.6 is 0 Å². The molecule has 0 spiro atoms. The molecular weight excluding hydrogens is 741 g/mol. The summed E-state index contributed by atoms with van der Waals surface area (Å²) in [6.45, 7) is 0. The maximum absolute atomic E-state index is 7.05. The Bertz CT molecular complexity index is 3000. The average molecular weight is 783 g/mol. The molecule has 1 atom stereocenters. The van der Waals surface area contributed by atoms with Crippen LogP contribution < -0.4 is 9.64 Å². The molecule has 0 fully saturated rings. The second kappa shape index (κ2) is 15.7. The number of hydrogen-bond acceptors (Lipinski definition) is 2. The van der Waals surface area contributed by atoms with E-state index in [9.17, 15) is 0 Å². The lowest BCUT2D eigenvalue weighted by Gasteiger charge is -2.26. The molecule has 11 rings (SSSR count). The number of fused-ring (bicyclic) bond motifs is 4. The Kier molecular flexibility index (Phi) is 9.33. The summed E-state index contributed by atoms with van der Waals surface area (Å²) in [5.41, 5.74) is 16.3. The van der Waals surface area contributed by atoms with Crippen molar-refractivity contribution in [2.24, 2.45) is 0 Å². The van der Waals surface area contributed by atoms with Gasteiger partial charge in [0.2, 0.25) is 0 Å². The first-order valence-electron chi connectivity index (χ1n) is 21.0. The van der Waals surface area contributed by atoms with Crippen LogP contribution in [0.25, 0.3) is 50.0 Å². The number of hydrogen-bond donors (Lipinski definition) is 0. The van der Waals surface area contributed by atoms with E-state index in [0.717, 1.165) is 62.7 Å². The third-order valence-corrected chi connectivity index (χ3v) is 12.1. The summed E-state index contributed by atoms with van der Waals surface area (Å²) in [4.78, 5) is 2.34. The fourth-order valence-corrected chi connectivity index (χ4v) is 9.04. The smallest absolute Gasteiger partial charge is 0.156 e. The molecule has 9 aromatic carbocycles. The molecule has 1 aliphatic rings. The van der Waals surface area contributed by atoms with Gasteiger partial charge >= 0.3 is 0 Å². The van der Waals surface area contributed by atoms with Gasteiger partial charge in [-0.05, 0) is 112 Å². The van der Waals surface area contributed by atoms with Crippen LogP contribution in [0.15, 0.2) is 237 Å². The van der Waals surface area contributed by atoms with Crippen molar-refractivity contribution in [2.75, 3.05) is 4.90 Å². The van der Waals surface area contributed by atoms with Crippen LogP contribution in [0.3, 0.4) is 0 Å². The molecule has 10 aromatic rings. The van der Waals surface area contributed by atoms with Crippen molar-refractivity contribution in [1.29, 1.82) is 0 Å². The molecule has 0 amide bonds. The molecular formula is C58H42N2O. The first-order chi connectivity index (χ1) is 30.2. The number of para-hydroxylation sites is 2.